The molecule has 1 heterocycles. The summed E-state index contributed by atoms with van der Waals surface area (Å²) in [6.07, 6.45) is 2.79. The quantitative estimate of drug-likeness (QED) is 0.867. The lowest BCUT2D eigenvalue weighted by molar-refractivity contribution is -0.131. The number of ether oxygens (including phenoxy) is 1. The van der Waals surface area contributed by atoms with Crippen LogP contribution in [0.1, 0.15) is 18.4 Å². The van der Waals surface area contributed by atoms with Gasteiger partial charge in [0.25, 0.3) is 0 Å². The predicted octanol–water partition coefficient (Wildman–Crippen LogP) is 0.778. The lowest BCUT2D eigenvalue weighted by Gasteiger charge is -2.32. The molecule has 0 saturated carbocycles. The summed E-state index contributed by atoms with van der Waals surface area (Å²) in [4.78, 5) is 14.1. The van der Waals surface area contributed by atoms with Crippen LogP contribution in [0.15, 0.2) is 24.3 Å². The largest absolute Gasteiger partial charge is 0.497 e. The molecule has 1 amide bonds. The van der Waals surface area contributed by atoms with E-state index in [-0.39, 0.29) is 11.9 Å². The Labute approximate surface area is 131 Å². The highest BCUT2D eigenvalue weighted by Gasteiger charge is 2.24. The minimum atomic E-state index is -3.19. The van der Waals surface area contributed by atoms with Crippen LogP contribution < -0.4 is 9.46 Å². The molecule has 1 aromatic rings. The van der Waals surface area contributed by atoms with Gasteiger partial charge in [0.1, 0.15) is 5.75 Å². The first-order valence-electron chi connectivity index (χ1n) is 7.25. The van der Waals surface area contributed by atoms with E-state index in [0.29, 0.717) is 32.4 Å². The highest BCUT2D eigenvalue weighted by atomic mass is 32.2. The summed E-state index contributed by atoms with van der Waals surface area (Å²) in [5.41, 5.74) is 0.917. The third-order valence-electron chi connectivity index (χ3n) is 3.72. The number of carbonyl (C=O) groups excluding carboxylic acids is 1. The van der Waals surface area contributed by atoms with Gasteiger partial charge in [-0.2, -0.15) is 0 Å². The number of nitrogens with zero attached hydrogens (tertiary/aromatic N) is 1. The Hall–Kier alpha value is -1.60. The van der Waals surface area contributed by atoms with E-state index >= 15 is 0 Å². The van der Waals surface area contributed by atoms with Gasteiger partial charge in [-0.25, -0.2) is 13.1 Å². The molecule has 2 rings (SSSR count). The molecule has 1 aliphatic heterocycles. The number of carbonyl (C=O) groups is 1. The van der Waals surface area contributed by atoms with E-state index in [4.69, 9.17) is 4.74 Å². The Bertz CT molecular complexity index is 622. The van der Waals surface area contributed by atoms with Gasteiger partial charge in [-0.3, -0.25) is 4.79 Å². The maximum absolute atomic E-state index is 12.3. The zero-order valence-corrected chi connectivity index (χ0v) is 13.7. The van der Waals surface area contributed by atoms with Crippen molar-refractivity contribution in [3.05, 3.63) is 29.8 Å². The Balaban J connectivity index is 1.87. The van der Waals surface area contributed by atoms with Crippen molar-refractivity contribution in [3.63, 3.8) is 0 Å². The molecule has 0 atom stereocenters. The number of likely N-dealkylation sites (tertiary alicyclic amines) is 1. The molecule has 0 unspecified atom stereocenters. The van der Waals surface area contributed by atoms with Crippen LogP contribution >= 0.6 is 0 Å². The van der Waals surface area contributed by atoms with Gasteiger partial charge in [0.15, 0.2) is 0 Å². The first kappa shape index (κ1) is 16.8. The molecule has 0 bridgehead atoms. The van der Waals surface area contributed by atoms with Crippen molar-refractivity contribution in [1.82, 2.24) is 9.62 Å². The topological polar surface area (TPSA) is 75.7 Å². The highest BCUT2D eigenvalue weighted by molar-refractivity contribution is 7.88. The third kappa shape index (κ3) is 4.99. The van der Waals surface area contributed by atoms with Gasteiger partial charge in [-0.05, 0) is 30.5 Å². The number of methoxy groups -OCH3 is 1. The number of hydrogen-bond donors (Lipinski definition) is 1. The van der Waals surface area contributed by atoms with Gasteiger partial charge in [0, 0.05) is 19.1 Å². The molecule has 0 aromatic heterocycles. The second kappa shape index (κ2) is 7.11. The van der Waals surface area contributed by atoms with E-state index in [1.807, 2.05) is 24.3 Å². The van der Waals surface area contributed by atoms with E-state index in [1.54, 1.807) is 12.0 Å². The Morgan fingerprint density at radius 3 is 2.64 bits per heavy atom. The molecule has 122 valence electrons. The number of rotatable bonds is 5. The predicted molar refractivity (Wildman–Crippen MR) is 84.3 cm³/mol. The van der Waals surface area contributed by atoms with Crippen molar-refractivity contribution in [2.24, 2.45) is 0 Å². The Kier molecular flexibility index (Phi) is 5.42. The van der Waals surface area contributed by atoms with Crippen LogP contribution in [0.2, 0.25) is 0 Å². The third-order valence-corrected chi connectivity index (χ3v) is 4.48. The number of nitrogens with one attached hydrogen (secondary N) is 1. The average molecular weight is 326 g/mol. The lowest BCUT2D eigenvalue weighted by Crippen LogP contribution is -2.46. The number of hydrogen-bond acceptors (Lipinski definition) is 4. The van der Waals surface area contributed by atoms with Crippen LogP contribution in [0.5, 0.6) is 5.75 Å². The number of benzene rings is 1. The molecule has 22 heavy (non-hydrogen) atoms. The van der Waals surface area contributed by atoms with E-state index in [9.17, 15) is 13.2 Å². The fraction of sp³-hybridized carbons (Fsp3) is 0.533. The maximum Gasteiger partial charge on any atom is 0.226 e. The van der Waals surface area contributed by atoms with Crippen molar-refractivity contribution < 1.29 is 17.9 Å². The fourth-order valence-electron chi connectivity index (χ4n) is 2.62. The van der Waals surface area contributed by atoms with Crippen LogP contribution in [-0.2, 0) is 21.2 Å². The molecular weight excluding hydrogens is 304 g/mol. The molecule has 0 radical (unpaired) electrons. The smallest absolute Gasteiger partial charge is 0.226 e. The van der Waals surface area contributed by atoms with Crippen molar-refractivity contribution in [1.29, 1.82) is 0 Å². The van der Waals surface area contributed by atoms with E-state index in [0.717, 1.165) is 17.6 Å². The van der Waals surface area contributed by atoms with Crippen molar-refractivity contribution >= 4 is 15.9 Å². The Morgan fingerprint density at radius 2 is 2.05 bits per heavy atom. The summed E-state index contributed by atoms with van der Waals surface area (Å²) in [6.45, 7) is 1.16. The normalized spacial score (nSPS) is 16.5. The second-order valence-electron chi connectivity index (χ2n) is 5.57. The molecular formula is C15H22N2O4S. The van der Waals surface area contributed by atoms with Gasteiger partial charge in [0.2, 0.25) is 15.9 Å². The molecule has 7 heteroatoms. The highest BCUT2D eigenvalue weighted by Crippen LogP contribution is 2.16. The zero-order valence-electron chi connectivity index (χ0n) is 12.9. The van der Waals surface area contributed by atoms with Crippen LogP contribution in [0.3, 0.4) is 0 Å². The van der Waals surface area contributed by atoms with Gasteiger partial charge < -0.3 is 9.64 Å². The molecule has 1 aromatic carbocycles. The van der Waals surface area contributed by atoms with Crippen LogP contribution in [-0.4, -0.2) is 51.7 Å². The van der Waals surface area contributed by atoms with E-state index in [2.05, 4.69) is 4.72 Å². The summed E-state index contributed by atoms with van der Waals surface area (Å²) < 4.78 is 30.2. The summed E-state index contributed by atoms with van der Waals surface area (Å²) in [6, 6.07) is 7.39. The molecule has 1 aliphatic rings. The zero-order chi connectivity index (χ0) is 16.2. The summed E-state index contributed by atoms with van der Waals surface area (Å²) in [5.74, 6) is 0.799. The van der Waals surface area contributed by atoms with Crippen LogP contribution in [0, 0.1) is 0 Å². The van der Waals surface area contributed by atoms with Gasteiger partial charge >= 0.3 is 0 Å². The lowest BCUT2D eigenvalue weighted by atomic mass is 10.0. The number of sulfonamides is 1. The Morgan fingerprint density at radius 1 is 1.36 bits per heavy atom. The maximum atomic E-state index is 12.3. The minimum Gasteiger partial charge on any atom is -0.497 e. The minimum absolute atomic E-state index is 0.0612. The van der Waals surface area contributed by atoms with Gasteiger partial charge in [0.05, 0.1) is 19.8 Å². The number of piperidine rings is 1. The molecule has 1 N–H and O–H groups in total. The van der Waals surface area contributed by atoms with Gasteiger partial charge in [-0.15, -0.1) is 0 Å². The molecule has 0 spiro atoms. The SMILES string of the molecule is COc1cccc(CC(=O)N2CCC(NS(C)(=O)=O)CC2)c1. The van der Waals surface area contributed by atoms with E-state index in [1.165, 1.54) is 0 Å². The van der Waals surface area contributed by atoms with Crippen molar-refractivity contribution in [2.45, 2.75) is 25.3 Å². The molecule has 0 aliphatic carbocycles. The first-order valence-corrected chi connectivity index (χ1v) is 9.14. The second-order valence-corrected chi connectivity index (χ2v) is 7.35. The van der Waals surface area contributed by atoms with Crippen molar-refractivity contribution in [3.8, 4) is 5.75 Å². The van der Waals surface area contributed by atoms with Crippen LogP contribution in [0.25, 0.3) is 0 Å². The fourth-order valence-corrected chi connectivity index (χ4v) is 3.46. The summed E-state index contributed by atoms with van der Waals surface area (Å²) >= 11 is 0. The summed E-state index contributed by atoms with van der Waals surface area (Å²) in [5, 5.41) is 0. The van der Waals surface area contributed by atoms with Crippen molar-refractivity contribution in [2.75, 3.05) is 26.5 Å². The molecule has 1 saturated heterocycles. The van der Waals surface area contributed by atoms with Crippen LogP contribution in [0.4, 0.5) is 0 Å². The number of amides is 1. The van der Waals surface area contributed by atoms with E-state index < -0.39 is 10.0 Å². The van der Waals surface area contributed by atoms with Gasteiger partial charge in [-0.1, -0.05) is 12.1 Å². The summed E-state index contributed by atoms with van der Waals surface area (Å²) in [7, 11) is -1.59. The first-order chi connectivity index (χ1) is 10.4. The monoisotopic (exact) mass is 326 g/mol. The molecule has 1 fully saturated rings. The molecule has 6 nitrogen and oxygen atoms in total. The average Bonchev–Trinajstić information content (AvgIpc) is 2.46. The standard InChI is InChI=1S/C15H22N2O4S/c1-21-14-5-3-4-12(10-14)11-15(18)17-8-6-13(7-9-17)16-22(2,19)20/h3-5,10,13,16H,6-9,11H2,1-2H3.